The van der Waals surface area contributed by atoms with Crippen molar-refractivity contribution in [2.75, 3.05) is 6.54 Å². The van der Waals surface area contributed by atoms with Gasteiger partial charge in [0.15, 0.2) is 0 Å². The van der Waals surface area contributed by atoms with Gasteiger partial charge in [-0.2, -0.15) is 10.2 Å². The lowest BCUT2D eigenvalue weighted by Crippen LogP contribution is -2.31. The summed E-state index contributed by atoms with van der Waals surface area (Å²) in [6, 6.07) is 3.98. The van der Waals surface area contributed by atoms with E-state index >= 15 is 0 Å². The fraction of sp³-hybridized carbons (Fsp3) is 0.368. The zero-order valence-corrected chi connectivity index (χ0v) is 14.8. The van der Waals surface area contributed by atoms with Crippen LogP contribution in [-0.4, -0.2) is 42.3 Å². The van der Waals surface area contributed by atoms with E-state index < -0.39 is 0 Å². The van der Waals surface area contributed by atoms with E-state index in [2.05, 4.69) is 20.3 Å². The lowest BCUT2D eigenvalue weighted by molar-refractivity contribution is -0.132. The van der Waals surface area contributed by atoms with E-state index in [0.29, 0.717) is 13.0 Å². The number of hydrogen-bond donors (Lipinski definition) is 1. The summed E-state index contributed by atoms with van der Waals surface area (Å²) in [5.41, 5.74) is 4.22. The molecule has 4 heterocycles. The molecule has 3 aromatic heterocycles. The molecule has 134 valence electrons. The number of amides is 1. The van der Waals surface area contributed by atoms with Gasteiger partial charge in [-0.15, -0.1) is 0 Å². The molecule has 1 saturated heterocycles. The molecule has 1 aliphatic heterocycles. The van der Waals surface area contributed by atoms with Gasteiger partial charge in [0, 0.05) is 43.7 Å². The molecule has 26 heavy (non-hydrogen) atoms. The summed E-state index contributed by atoms with van der Waals surface area (Å²) in [5.74, 6) is 0.163. The van der Waals surface area contributed by atoms with Gasteiger partial charge in [-0.05, 0) is 43.0 Å². The first-order chi connectivity index (χ1) is 12.7. The van der Waals surface area contributed by atoms with Gasteiger partial charge in [0.05, 0.1) is 24.1 Å². The maximum atomic E-state index is 12.8. The predicted octanol–water partition coefficient (Wildman–Crippen LogP) is 2.73. The predicted molar refractivity (Wildman–Crippen MR) is 97.1 cm³/mol. The highest BCUT2D eigenvalue weighted by Crippen LogP contribution is 2.36. The minimum atomic E-state index is 0.0486. The zero-order chi connectivity index (χ0) is 17.9. The summed E-state index contributed by atoms with van der Waals surface area (Å²) in [7, 11) is 0. The van der Waals surface area contributed by atoms with Gasteiger partial charge in [0.2, 0.25) is 5.91 Å². The first-order valence-electron chi connectivity index (χ1n) is 8.94. The number of hydrogen-bond acceptors (Lipinski definition) is 4. The second kappa shape index (κ2) is 7.11. The van der Waals surface area contributed by atoms with Gasteiger partial charge in [0.1, 0.15) is 0 Å². The Morgan fingerprint density at radius 3 is 2.92 bits per heavy atom. The molecular formula is C19H22N6O. The van der Waals surface area contributed by atoms with Crippen molar-refractivity contribution >= 4 is 5.91 Å². The minimum absolute atomic E-state index is 0.0486. The SMILES string of the molecule is Cc1cnn(CCC(=O)N2CCC[C@@H]2c2[nH]ncc2-c2ccncc2)c1. The number of carbonyl (C=O) groups is 1. The van der Waals surface area contributed by atoms with Crippen molar-refractivity contribution in [2.45, 2.75) is 38.8 Å². The van der Waals surface area contributed by atoms with Crippen molar-refractivity contribution < 1.29 is 4.79 Å². The Kier molecular flexibility index (Phi) is 4.51. The Labute approximate surface area is 152 Å². The van der Waals surface area contributed by atoms with Crippen molar-refractivity contribution in [3.63, 3.8) is 0 Å². The molecule has 0 saturated carbocycles. The molecule has 7 heteroatoms. The van der Waals surface area contributed by atoms with E-state index in [1.54, 1.807) is 12.4 Å². The van der Waals surface area contributed by atoms with Gasteiger partial charge >= 0.3 is 0 Å². The van der Waals surface area contributed by atoms with Crippen LogP contribution in [-0.2, 0) is 11.3 Å². The first kappa shape index (κ1) is 16.5. The summed E-state index contributed by atoms with van der Waals surface area (Å²) in [6.07, 6.45) is 11.6. The third-order valence-electron chi connectivity index (χ3n) is 4.88. The molecule has 0 unspecified atom stereocenters. The van der Waals surface area contributed by atoms with Crippen LogP contribution in [0.3, 0.4) is 0 Å². The van der Waals surface area contributed by atoms with Crippen molar-refractivity contribution in [1.82, 2.24) is 29.9 Å². The average Bonchev–Trinajstić information content (AvgIpc) is 3.40. The number of nitrogens with one attached hydrogen (secondary N) is 1. The summed E-state index contributed by atoms with van der Waals surface area (Å²) < 4.78 is 1.83. The third kappa shape index (κ3) is 3.24. The lowest BCUT2D eigenvalue weighted by atomic mass is 10.0. The van der Waals surface area contributed by atoms with Crippen LogP contribution in [0.4, 0.5) is 0 Å². The number of aromatic amines is 1. The lowest BCUT2D eigenvalue weighted by Gasteiger charge is -2.25. The highest BCUT2D eigenvalue weighted by Gasteiger charge is 2.32. The Balaban J connectivity index is 1.50. The Bertz CT molecular complexity index is 884. The van der Waals surface area contributed by atoms with Crippen molar-refractivity contribution in [1.29, 1.82) is 0 Å². The molecule has 0 bridgehead atoms. The summed E-state index contributed by atoms with van der Waals surface area (Å²) >= 11 is 0. The molecule has 1 fully saturated rings. The topological polar surface area (TPSA) is 79.7 Å². The second-order valence-corrected chi connectivity index (χ2v) is 6.71. The van der Waals surface area contributed by atoms with Crippen molar-refractivity contribution in [3.05, 3.63) is 54.4 Å². The van der Waals surface area contributed by atoms with Crippen LogP contribution in [0.25, 0.3) is 11.1 Å². The Hall–Kier alpha value is -2.96. The highest BCUT2D eigenvalue weighted by molar-refractivity contribution is 5.77. The molecule has 0 aromatic carbocycles. The average molecular weight is 350 g/mol. The first-order valence-corrected chi connectivity index (χ1v) is 8.94. The van der Waals surface area contributed by atoms with Crippen LogP contribution >= 0.6 is 0 Å². The number of nitrogens with zero attached hydrogens (tertiary/aromatic N) is 5. The summed E-state index contributed by atoms with van der Waals surface area (Å²) in [4.78, 5) is 18.9. The van der Waals surface area contributed by atoms with Crippen LogP contribution < -0.4 is 0 Å². The van der Waals surface area contributed by atoms with Gasteiger partial charge in [-0.25, -0.2) is 0 Å². The number of likely N-dealkylation sites (tertiary alicyclic amines) is 1. The van der Waals surface area contributed by atoms with Crippen LogP contribution in [0.2, 0.25) is 0 Å². The summed E-state index contributed by atoms with van der Waals surface area (Å²) in [5, 5.41) is 11.6. The number of carbonyl (C=O) groups excluding carboxylic acids is 1. The van der Waals surface area contributed by atoms with E-state index in [-0.39, 0.29) is 11.9 Å². The van der Waals surface area contributed by atoms with Crippen molar-refractivity contribution in [2.24, 2.45) is 0 Å². The Morgan fingerprint density at radius 2 is 2.15 bits per heavy atom. The van der Waals surface area contributed by atoms with Crippen LogP contribution in [0, 0.1) is 6.92 Å². The molecule has 1 amide bonds. The zero-order valence-electron chi connectivity index (χ0n) is 14.8. The van der Waals surface area contributed by atoms with Gasteiger partial charge in [0.25, 0.3) is 0 Å². The van der Waals surface area contributed by atoms with Gasteiger partial charge in [-0.3, -0.25) is 19.6 Å². The molecule has 4 rings (SSSR count). The number of aromatic nitrogens is 5. The summed E-state index contributed by atoms with van der Waals surface area (Å²) in [6.45, 7) is 3.40. The molecule has 1 aliphatic rings. The third-order valence-corrected chi connectivity index (χ3v) is 4.88. The van der Waals surface area contributed by atoms with E-state index in [1.165, 1.54) is 0 Å². The molecule has 7 nitrogen and oxygen atoms in total. The van der Waals surface area contributed by atoms with E-state index in [0.717, 1.165) is 41.8 Å². The number of H-pyrrole nitrogens is 1. The smallest absolute Gasteiger partial charge is 0.224 e. The second-order valence-electron chi connectivity index (χ2n) is 6.71. The Morgan fingerprint density at radius 1 is 1.31 bits per heavy atom. The highest BCUT2D eigenvalue weighted by atomic mass is 16.2. The molecule has 1 atom stereocenters. The van der Waals surface area contributed by atoms with Gasteiger partial charge < -0.3 is 4.90 Å². The van der Waals surface area contributed by atoms with E-state index in [4.69, 9.17) is 0 Å². The number of aryl methyl sites for hydroxylation is 2. The number of pyridine rings is 1. The van der Waals surface area contributed by atoms with Gasteiger partial charge in [-0.1, -0.05) is 0 Å². The molecule has 3 aromatic rings. The van der Waals surface area contributed by atoms with Crippen LogP contribution in [0.1, 0.15) is 36.6 Å². The fourth-order valence-electron chi connectivity index (χ4n) is 3.62. The molecule has 1 N–H and O–H groups in total. The van der Waals surface area contributed by atoms with Crippen LogP contribution in [0.5, 0.6) is 0 Å². The maximum absolute atomic E-state index is 12.8. The fourth-order valence-corrected chi connectivity index (χ4v) is 3.62. The van der Waals surface area contributed by atoms with Crippen LogP contribution in [0.15, 0.2) is 43.1 Å². The normalized spacial score (nSPS) is 17.0. The maximum Gasteiger partial charge on any atom is 0.224 e. The molecule has 0 aliphatic carbocycles. The largest absolute Gasteiger partial charge is 0.334 e. The van der Waals surface area contributed by atoms with Crippen molar-refractivity contribution in [3.8, 4) is 11.1 Å². The monoisotopic (exact) mass is 350 g/mol. The van der Waals surface area contributed by atoms with E-state index in [1.807, 2.05) is 47.2 Å². The number of rotatable bonds is 5. The molecular weight excluding hydrogens is 328 g/mol. The quantitative estimate of drug-likeness (QED) is 0.767. The minimum Gasteiger partial charge on any atom is -0.334 e. The standard InChI is InChI=1S/C19H22N6O/c1-14-11-22-24(13-14)10-6-18(26)25-9-2-3-17(25)19-16(12-21-23-19)15-4-7-20-8-5-15/h4-5,7-8,11-13,17H,2-3,6,9-10H2,1H3,(H,21,23)/t17-/m1/s1. The molecule has 0 radical (unpaired) electrons. The van der Waals surface area contributed by atoms with E-state index in [9.17, 15) is 4.79 Å². The molecule has 0 spiro atoms.